The van der Waals surface area contributed by atoms with Gasteiger partial charge in [0, 0.05) is 60.5 Å². The van der Waals surface area contributed by atoms with Crippen molar-refractivity contribution in [1.29, 1.82) is 0 Å². The predicted octanol–water partition coefficient (Wildman–Crippen LogP) is 5.62. The van der Waals surface area contributed by atoms with Gasteiger partial charge in [0.25, 0.3) is 0 Å². The van der Waals surface area contributed by atoms with Gasteiger partial charge >= 0.3 is 0 Å². The van der Waals surface area contributed by atoms with E-state index in [0.29, 0.717) is 42.8 Å². The highest BCUT2D eigenvalue weighted by Gasteiger charge is 2.39. The first-order valence-electron chi connectivity index (χ1n) is 16.0. The van der Waals surface area contributed by atoms with Gasteiger partial charge in [-0.15, -0.1) is 0 Å². The Balaban J connectivity index is 1.46. The second-order valence-electron chi connectivity index (χ2n) is 14.0. The summed E-state index contributed by atoms with van der Waals surface area (Å²) in [5, 5.41) is 8.06. The van der Waals surface area contributed by atoms with E-state index in [1.54, 1.807) is 18.5 Å². The summed E-state index contributed by atoms with van der Waals surface area (Å²) in [6.45, 7) is 16.8. The van der Waals surface area contributed by atoms with E-state index >= 15 is 4.39 Å². The highest BCUT2D eigenvalue weighted by molar-refractivity contribution is 7.90. The molecule has 4 heterocycles. The molecule has 2 saturated heterocycles. The summed E-state index contributed by atoms with van der Waals surface area (Å²) in [7, 11) is -3.12. The predicted molar refractivity (Wildman–Crippen MR) is 186 cm³/mol. The Morgan fingerprint density at radius 1 is 1.19 bits per heavy atom. The Morgan fingerprint density at radius 2 is 1.94 bits per heavy atom. The Hall–Kier alpha value is -3.84. The van der Waals surface area contributed by atoms with Crippen LogP contribution in [0.3, 0.4) is 0 Å². The van der Waals surface area contributed by atoms with Crippen LogP contribution >= 0.6 is 0 Å². The highest BCUT2D eigenvalue weighted by Crippen LogP contribution is 2.43. The van der Waals surface area contributed by atoms with Crippen molar-refractivity contribution in [2.45, 2.75) is 77.8 Å². The highest BCUT2D eigenvalue weighted by atomic mass is 32.2. The SMILES string of the molecule is C=CC(=O)Nc1cc(N2C[C@H](CS(C)(=O)=O)[C@H]2C)c2cnc(Nc3ccnc(N4CC[C@@H](OC(C)(C)C)[C@@H](F)C4)n3)cc2c1C(C)C. The number of nitrogens with zero attached hydrogens (tertiary/aromatic N) is 5. The van der Waals surface area contributed by atoms with E-state index in [0.717, 1.165) is 22.0 Å². The lowest BCUT2D eigenvalue weighted by Crippen LogP contribution is -2.57. The van der Waals surface area contributed by atoms with E-state index in [-0.39, 0.29) is 36.1 Å². The first-order chi connectivity index (χ1) is 22.0. The van der Waals surface area contributed by atoms with Crippen LogP contribution in [0.25, 0.3) is 10.8 Å². The van der Waals surface area contributed by atoms with Crippen LogP contribution in [0.15, 0.2) is 43.2 Å². The first-order valence-corrected chi connectivity index (χ1v) is 18.1. The molecular formula is C34H46FN7O4S. The van der Waals surface area contributed by atoms with Crippen molar-refractivity contribution in [3.8, 4) is 0 Å². The molecular weight excluding hydrogens is 621 g/mol. The summed E-state index contributed by atoms with van der Waals surface area (Å²) < 4.78 is 45.0. The number of benzene rings is 1. The average molecular weight is 668 g/mol. The smallest absolute Gasteiger partial charge is 0.247 e. The molecule has 2 N–H and O–H groups in total. The van der Waals surface area contributed by atoms with Crippen LogP contribution in [0.1, 0.15) is 59.4 Å². The molecule has 0 aliphatic carbocycles. The number of piperidine rings is 1. The second kappa shape index (κ2) is 13.3. The van der Waals surface area contributed by atoms with Gasteiger partial charge in [-0.25, -0.2) is 22.8 Å². The molecule has 5 rings (SSSR count). The zero-order valence-electron chi connectivity index (χ0n) is 28.2. The molecule has 1 aromatic carbocycles. The van der Waals surface area contributed by atoms with Gasteiger partial charge in [-0.1, -0.05) is 20.4 Å². The van der Waals surface area contributed by atoms with Crippen LogP contribution in [-0.2, 0) is 19.4 Å². The molecule has 4 atom stereocenters. The lowest BCUT2D eigenvalue weighted by Gasteiger charge is -2.48. The number of anilines is 5. The molecule has 2 aliphatic heterocycles. The summed E-state index contributed by atoms with van der Waals surface area (Å²) >= 11 is 0. The number of hydrogen-bond acceptors (Lipinski definition) is 10. The summed E-state index contributed by atoms with van der Waals surface area (Å²) in [6.07, 6.45) is 4.82. The number of alkyl halides is 1. The Labute approximate surface area is 276 Å². The molecule has 13 heteroatoms. The van der Waals surface area contributed by atoms with Crippen molar-refractivity contribution >= 4 is 55.5 Å². The van der Waals surface area contributed by atoms with Crippen molar-refractivity contribution < 1.29 is 22.3 Å². The Bertz CT molecular complexity index is 1760. The number of nitrogens with one attached hydrogen (secondary N) is 2. The van der Waals surface area contributed by atoms with Crippen LogP contribution in [0, 0.1) is 5.92 Å². The normalized spacial score (nSPS) is 21.9. The molecule has 2 aromatic heterocycles. The van der Waals surface area contributed by atoms with E-state index in [4.69, 9.17) is 9.72 Å². The fourth-order valence-corrected chi connectivity index (χ4v) is 7.64. The average Bonchev–Trinajstić information content (AvgIpc) is 2.98. The standard InChI is InChI=1S/C34H46FN7O4S/c1-9-31(43)38-26-15-27(42-17-22(21(42)4)19-47(8,44)45)24-16-37-30(14-23(24)32(26)20(2)3)39-29-10-12-36-33(40-29)41-13-11-28(25(35)18-41)46-34(5,6)7/h9-10,12,14-16,20-22,25,28H,1,11,13,17-19H2,2-8H3,(H,38,43)(H,36,37,39,40)/t21-,22-,25+,28-/m1/s1. The zero-order valence-corrected chi connectivity index (χ0v) is 29.1. The van der Waals surface area contributed by atoms with Gasteiger partial charge in [-0.3, -0.25) is 4.79 Å². The third-order valence-electron chi connectivity index (χ3n) is 8.66. The molecule has 2 fully saturated rings. The first kappa shape index (κ1) is 34.5. The maximum atomic E-state index is 15.1. The van der Waals surface area contributed by atoms with Crippen LogP contribution in [0.4, 0.5) is 33.3 Å². The minimum atomic E-state index is -3.12. The van der Waals surface area contributed by atoms with Gasteiger partial charge < -0.3 is 25.2 Å². The number of carbonyl (C=O) groups is 1. The number of aromatic nitrogens is 3. The fraction of sp³-hybridized carbons (Fsp3) is 0.529. The van der Waals surface area contributed by atoms with Gasteiger partial charge in [0.2, 0.25) is 11.9 Å². The maximum Gasteiger partial charge on any atom is 0.247 e. The molecule has 0 radical (unpaired) electrons. The number of ether oxygens (including phenoxy) is 1. The van der Waals surface area contributed by atoms with Gasteiger partial charge in [0.1, 0.15) is 27.6 Å². The zero-order chi connectivity index (χ0) is 34.3. The number of carbonyl (C=O) groups excluding carboxylic acids is 1. The van der Waals surface area contributed by atoms with Crippen molar-refractivity contribution in [1.82, 2.24) is 15.0 Å². The maximum absolute atomic E-state index is 15.1. The Kier molecular flexibility index (Phi) is 9.79. The number of pyridine rings is 1. The van der Waals surface area contributed by atoms with Crippen molar-refractivity contribution in [2.24, 2.45) is 5.92 Å². The van der Waals surface area contributed by atoms with Gasteiger partial charge in [-0.05, 0) is 75.3 Å². The van der Waals surface area contributed by atoms with Gasteiger partial charge in [0.15, 0.2) is 0 Å². The van der Waals surface area contributed by atoms with Crippen molar-refractivity contribution in [2.75, 3.05) is 52.1 Å². The minimum absolute atomic E-state index is 0.00128. The molecule has 254 valence electrons. The summed E-state index contributed by atoms with van der Waals surface area (Å²) in [5.41, 5.74) is 2.03. The molecule has 3 aromatic rings. The van der Waals surface area contributed by atoms with Crippen molar-refractivity contribution in [3.05, 3.63) is 48.8 Å². The number of fused-ring (bicyclic) bond motifs is 1. The number of hydrogen-bond donors (Lipinski definition) is 2. The van der Waals surface area contributed by atoms with Crippen LogP contribution in [-0.4, -0.2) is 84.8 Å². The topological polar surface area (TPSA) is 130 Å². The number of amides is 1. The molecule has 1 amide bonds. The fourth-order valence-electron chi connectivity index (χ4n) is 6.47. The third-order valence-corrected chi connectivity index (χ3v) is 9.70. The third kappa shape index (κ3) is 8.01. The van der Waals surface area contributed by atoms with Crippen LogP contribution in [0.5, 0.6) is 0 Å². The van der Waals surface area contributed by atoms with E-state index in [1.807, 2.05) is 44.7 Å². The lowest BCUT2D eigenvalue weighted by molar-refractivity contribution is -0.111. The van der Waals surface area contributed by atoms with Crippen LogP contribution in [0.2, 0.25) is 0 Å². The molecule has 0 saturated carbocycles. The van der Waals surface area contributed by atoms with Gasteiger partial charge in [0.05, 0.1) is 24.0 Å². The molecule has 47 heavy (non-hydrogen) atoms. The summed E-state index contributed by atoms with van der Waals surface area (Å²) in [4.78, 5) is 30.3. The Morgan fingerprint density at radius 3 is 2.55 bits per heavy atom. The lowest BCUT2D eigenvalue weighted by atomic mass is 9.88. The molecule has 0 unspecified atom stereocenters. The summed E-state index contributed by atoms with van der Waals surface area (Å²) in [6, 6.07) is 5.60. The van der Waals surface area contributed by atoms with E-state index in [2.05, 4.69) is 45.9 Å². The quantitative estimate of drug-likeness (QED) is 0.263. The second-order valence-corrected chi connectivity index (χ2v) is 16.1. The van der Waals surface area contributed by atoms with E-state index in [1.165, 1.54) is 12.3 Å². The number of halogens is 1. The number of rotatable bonds is 10. The monoisotopic (exact) mass is 667 g/mol. The van der Waals surface area contributed by atoms with Crippen molar-refractivity contribution in [3.63, 3.8) is 0 Å². The molecule has 0 spiro atoms. The minimum Gasteiger partial charge on any atom is -0.369 e. The molecule has 0 bridgehead atoms. The van der Waals surface area contributed by atoms with Gasteiger partial charge in [-0.2, -0.15) is 4.98 Å². The van der Waals surface area contributed by atoms with Crippen LogP contribution < -0.4 is 20.4 Å². The summed E-state index contributed by atoms with van der Waals surface area (Å²) in [5.74, 6) is 1.30. The van der Waals surface area contributed by atoms with E-state index in [9.17, 15) is 13.2 Å². The molecule has 11 nitrogen and oxygen atoms in total. The molecule has 2 aliphatic rings. The largest absolute Gasteiger partial charge is 0.369 e. The van der Waals surface area contributed by atoms with E-state index < -0.39 is 27.7 Å². The number of sulfone groups is 1.